The monoisotopic (exact) mass is 393 g/mol. The third kappa shape index (κ3) is 4.92. The highest BCUT2D eigenvalue weighted by atomic mass is 16.2. The summed E-state index contributed by atoms with van der Waals surface area (Å²) < 4.78 is 0. The van der Waals surface area contributed by atoms with Gasteiger partial charge in [-0.2, -0.15) is 0 Å². The summed E-state index contributed by atoms with van der Waals surface area (Å²) in [6.45, 7) is 4.30. The molecular formula is C22H27N5O2. The number of amides is 1. The maximum Gasteiger partial charge on any atom is 0.271 e. The van der Waals surface area contributed by atoms with Crippen molar-refractivity contribution in [1.29, 1.82) is 0 Å². The number of piperidine rings is 1. The van der Waals surface area contributed by atoms with Crippen molar-refractivity contribution in [2.75, 3.05) is 38.0 Å². The summed E-state index contributed by atoms with van der Waals surface area (Å²) in [7, 11) is 0. The van der Waals surface area contributed by atoms with Gasteiger partial charge in [0.15, 0.2) is 0 Å². The van der Waals surface area contributed by atoms with Gasteiger partial charge in [-0.05, 0) is 49.7 Å². The topological polar surface area (TPSA) is 81.3 Å². The van der Waals surface area contributed by atoms with Gasteiger partial charge >= 0.3 is 0 Å². The first-order valence-electron chi connectivity index (χ1n) is 10.3. The van der Waals surface area contributed by atoms with Crippen molar-refractivity contribution in [3.8, 4) is 11.1 Å². The van der Waals surface area contributed by atoms with Gasteiger partial charge in [-0.1, -0.05) is 12.5 Å². The van der Waals surface area contributed by atoms with Crippen LogP contribution in [-0.2, 0) is 4.79 Å². The van der Waals surface area contributed by atoms with E-state index in [4.69, 9.17) is 0 Å². The van der Waals surface area contributed by atoms with E-state index in [9.17, 15) is 9.59 Å². The van der Waals surface area contributed by atoms with E-state index in [1.54, 1.807) is 29.6 Å². The molecule has 0 aliphatic carbocycles. The first-order valence-corrected chi connectivity index (χ1v) is 10.3. The lowest BCUT2D eigenvalue weighted by Gasteiger charge is -2.39. The van der Waals surface area contributed by atoms with Crippen molar-refractivity contribution in [3.05, 3.63) is 59.3 Å². The van der Waals surface area contributed by atoms with Crippen molar-refractivity contribution in [3.63, 3.8) is 0 Å². The van der Waals surface area contributed by atoms with E-state index in [0.717, 1.165) is 30.8 Å². The molecule has 4 heterocycles. The Balaban J connectivity index is 1.28. The summed E-state index contributed by atoms with van der Waals surface area (Å²) >= 11 is 0. The molecule has 0 aromatic carbocycles. The number of likely N-dealkylation sites (tertiary alicyclic amines) is 2. The van der Waals surface area contributed by atoms with E-state index in [-0.39, 0.29) is 17.5 Å². The maximum absolute atomic E-state index is 12.3. The molecule has 0 unspecified atom stereocenters. The molecule has 152 valence electrons. The van der Waals surface area contributed by atoms with Crippen molar-refractivity contribution in [2.45, 2.75) is 25.3 Å². The predicted octanol–water partition coefficient (Wildman–Crippen LogP) is 2.10. The van der Waals surface area contributed by atoms with Gasteiger partial charge in [0.1, 0.15) is 5.69 Å². The van der Waals surface area contributed by atoms with E-state index >= 15 is 0 Å². The number of hydrogen-bond donors (Lipinski definition) is 2. The Morgan fingerprint density at radius 1 is 1.17 bits per heavy atom. The molecule has 7 heteroatoms. The van der Waals surface area contributed by atoms with Crippen LogP contribution in [0.4, 0.5) is 5.69 Å². The van der Waals surface area contributed by atoms with Gasteiger partial charge in [0, 0.05) is 49.9 Å². The molecular weight excluding hydrogens is 366 g/mol. The summed E-state index contributed by atoms with van der Waals surface area (Å²) in [6, 6.07) is 5.73. The molecule has 4 rings (SSSR count). The van der Waals surface area contributed by atoms with Gasteiger partial charge in [-0.25, -0.2) is 0 Å². The maximum atomic E-state index is 12.3. The predicted molar refractivity (Wildman–Crippen MR) is 114 cm³/mol. The molecule has 2 aliphatic heterocycles. The Morgan fingerprint density at radius 3 is 2.69 bits per heavy atom. The molecule has 0 atom stereocenters. The molecule has 2 aliphatic rings. The third-order valence-corrected chi connectivity index (χ3v) is 5.54. The van der Waals surface area contributed by atoms with Crippen molar-refractivity contribution >= 4 is 11.6 Å². The van der Waals surface area contributed by atoms with Crippen LogP contribution in [0.15, 0.2) is 53.7 Å². The zero-order valence-corrected chi connectivity index (χ0v) is 16.5. The molecule has 2 N–H and O–H groups in total. The standard InChI is InChI=1S/C22H27N5O2/c28-21(5-4-12-26-10-2-1-3-11-26)27-15-19(16-27)25-20-13-18(14-24-22(20)29)17-6-8-23-9-7-17/h4-9,13-14,19,25H,1-3,10-12,15-16H2,(H,24,29)/b5-4+. The molecule has 0 spiro atoms. The van der Waals surface area contributed by atoms with E-state index in [1.165, 1.54) is 19.3 Å². The first kappa shape index (κ1) is 19.4. The summed E-state index contributed by atoms with van der Waals surface area (Å²) in [5, 5.41) is 3.26. The Morgan fingerprint density at radius 2 is 1.93 bits per heavy atom. The second kappa shape index (κ2) is 9.05. The van der Waals surface area contributed by atoms with E-state index in [2.05, 4.69) is 20.2 Å². The molecule has 2 aromatic rings. The first-order chi connectivity index (χ1) is 14.2. The lowest BCUT2D eigenvalue weighted by atomic mass is 10.1. The van der Waals surface area contributed by atoms with Crippen molar-refractivity contribution in [1.82, 2.24) is 19.8 Å². The zero-order chi connectivity index (χ0) is 20.1. The van der Waals surface area contributed by atoms with Crippen LogP contribution in [0.25, 0.3) is 11.1 Å². The number of rotatable bonds is 6. The number of aromatic amines is 1. The summed E-state index contributed by atoms with van der Waals surface area (Å²) in [5.41, 5.74) is 2.28. The minimum absolute atomic E-state index is 0.0412. The van der Waals surface area contributed by atoms with Crippen LogP contribution in [0.1, 0.15) is 19.3 Å². The molecule has 7 nitrogen and oxygen atoms in total. The molecule has 29 heavy (non-hydrogen) atoms. The quantitative estimate of drug-likeness (QED) is 0.735. The largest absolute Gasteiger partial charge is 0.374 e. The summed E-state index contributed by atoms with van der Waals surface area (Å²) in [6.07, 6.45) is 12.6. The molecule has 0 bridgehead atoms. The van der Waals surface area contributed by atoms with Crippen LogP contribution in [0, 0.1) is 0 Å². The second-order valence-corrected chi connectivity index (χ2v) is 7.72. The highest BCUT2D eigenvalue weighted by Crippen LogP contribution is 2.20. The lowest BCUT2D eigenvalue weighted by Crippen LogP contribution is -2.57. The number of nitrogens with one attached hydrogen (secondary N) is 2. The fourth-order valence-electron chi connectivity index (χ4n) is 3.82. The minimum Gasteiger partial charge on any atom is -0.374 e. The number of carbonyl (C=O) groups excluding carboxylic acids is 1. The molecule has 0 radical (unpaired) electrons. The number of hydrogen-bond acceptors (Lipinski definition) is 5. The van der Waals surface area contributed by atoms with Gasteiger partial charge < -0.3 is 15.2 Å². The zero-order valence-electron chi connectivity index (χ0n) is 16.5. The summed E-state index contributed by atoms with van der Waals surface area (Å²) in [5.74, 6) is 0.0412. The number of aromatic nitrogens is 2. The molecule has 2 saturated heterocycles. The molecule has 1 amide bonds. The van der Waals surface area contributed by atoms with Crippen molar-refractivity contribution < 1.29 is 4.79 Å². The smallest absolute Gasteiger partial charge is 0.271 e. The average Bonchev–Trinajstić information content (AvgIpc) is 2.73. The number of H-pyrrole nitrogens is 1. The number of anilines is 1. The van der Waals surface area contributed by atoms with Gasteiger partial charge in [-0.15, -0.1) is 0 Å². The van der Waals surface area contributed by atoms with Gasteiger partial charge in [0.2, 0.25) is 5.91 Å². The SMILES string of the molecule is O=C(/C=C/CN1CCCCC1)N1CC(Nc2cc(-c3ccncc3)c[nH]c2=O)C1. The van der Waals surface area contributed by atoms with Crippen LogP contribution < -0.4 is 10.9 Å². The fraction of sp³-hybridized carbons (Fsp3) is 0.409. The Bertz CT molecular complexity index is 912. The van der Waals surface area contributed by atoms with Crippen LogP contribution >= 0.6 is 0 Å². The Kier molecular flexibility index (Phi) is 6.05. The second-order valence-electron chi connectivity index (χ2n) is 7.72. The van der Waals surface area contributed by atoms with Gasteiger partial charge in [0.25, 0.3) is 5.56 Å². The van der Waals surface area contributed by atoms with E-state index < -0.39 is 0 Å². The van der Waals surface area contributed by atoms with Crippen LogP contribution in [-0.4, -0.2) is 64.4 Å². The Hall–Kier alpha value is -2.93. The number of pyridine rings is 2. The minimum atomic E-state index is -0.158. The molecule has 2 aromatic heterocycles. The van der Waals surface area contributed by atoms with Gasteiger partial charge in [-0.3, -0.25) is 19.5 Å². The Labute approximate surface area is 170 Å². The molecule has 0 saturated carbocycles. The highest BCUT2D eigenvalue weighted by Gasteiger charge is 2.29. The highest BCUT2D eigenvalue weighted by molar-refractivity contribution is 5.88. The van der Waals surface area contributed by atoms with E-state index in [0.29, 0.717) is 18.8 Å². The molecule has 2 fully saturated rings. The van der Waals surface area contributed by atoms with Crippen LogP contribution in [0.2, 0.25) is 0 Å². The third-order valence-electron chi connectivity index (χ3n) is 5.54. The number of carbonyl (C=O) groups is 1. The van der Waals surface area contributed by atoms with Gasteiger partial charge in [0.05, 0.1) is 6.04 Å². The fourth-order valence-corrected chi connectivity index (χ4v) is 3.82. The van der Waals surface area contributed by atoms with Crippen LogP contribution in [0.3, 0.4) is 0 Å². The number of nitrogens with zero attached hydrogens (tertiary/aromatic N) is 3. The average molecular weight is 393 g/mol. The van der Waals surface area contributed by atoms with Crippen LogP contribution in [0.5, 0.6) is 0 Å². The summed E-state index contributed by atoms with van der Waals surface area (Å²) in [4.78, 5) is 35.4. The van der Waals surface area contributed by atoms with Crippen molar-refractivity contribution in [2.24, 2.45) is 0 Å². The lowest BCUT2D eigenvalue weighted by molar-refractivity contribution is -0.129. The normalized spacial score (nSPS) is 18.0. The van der Waals surface area contributed by atoms with E-state index in [1.807, 2.05) is 24.3 Å².